The van der Waals surface area contributed by atoms with Gasteiger partial charge in [0.05, 0.1) is 19.4 Å². The predicted molar refractivity (Wildman–Crippen MR) is 51.1 cm³/mol. The summed E-state index contributed by atoms with van der Waals surface area (Å²) in [7, 11) is 0. The molecule has 6 heteroatoms. The second-order valence-electron chi connectivity index (χ2n) is 3.00. The van der Waals surface area contributed by atoms with Crippen molar-refractivity contribution in [2.45, 2.75) is 32.7 Å². The molecular weight excluding hydrogens is 202 g/mol. The summed E-state index contributed by atoms with van der Waals surface area (Å²) in [6, 6.07) is -0.709. The monoisotopic (exact) mass is 217 g/mol. The second kappa shape index (κ2) is 6.80. The number of aliphatic carboxylic acids is 1. The van der Waals surface area contributed by atoms with Gasteiger partial charge in [-0.15, -0.1) is 0 Å². The fourth-order valence-electron chi connectivity index (χ4n) is 1.09. The van der Waals surface area contributed by atoms with Crippen LogP contribution in [0, 0.1) is 0 Å². The minimum absolute atomic E-state index is 0.125. The molecule has 0 unspecified atom stereocenters. The van der Waals surface area contributed by atoms with Gasteiger partial charge in [-0.05, 0) is 6.92 Å². The van der Waals surface area contributed by atoms with Crippen molar-refractivity contribution < 1.29 is 24.2 Å². The summed E-state index contributed by atoms with van der Waals surface area (Å²) in [5, 5.41) is 10.9. The number of amides is 1. The van der Waals surface area contributed by atoms with Crippen molar-refractivity contribution >= 4 is 17.8 Å². The predicted octanol–water partition coefficient (Wildman–Crippen LogP) is -0.0810. The number of hydrogen-bond donors (Lipinski definition) is 2. The summed E-state index contributed by atoms with van der Waals surface area (Å²) in [6.45, 7) is 3.15. The van der Waals surface area contributed by atoms with Gasteiger partial charge in [-0.25, -0.2) is 0 Å². The summed E-state index contributed by atoms with van der Waals surface area (Å²) in [5.41, 5.74) is 0. The molecule has 0 rings (SSSR count). The van der Waals surface area contributed by atoms with Crippen LogP contribution in [-0.4, -0.2) is 35.6 Å². The average molecular weight is 217 g/mol. The molecule has 2 N–H and O–H groups in total. The fourth-order valence-corrected chi connectivity index (χ4v) is 1.09. The minimum Gasteiger partial charge on any atom is -0.481 e. The summed E-state index contributed by atoms with van der Waals surface area (Å²) in [5.74, 6) is -1.96. The zero-order valence-corrected chi connectivity index (χ0v) is 8.78. The van der Waals surface area contributed by atoms with Gasteiger partial charge in [-0.3, -0.25) is 14.4 Å². The Morgan fingerprint density at radius 1 is 1.33 bits per heavy atom. The number of carboxylic acids is 1. The Kier molecular flexibility index (Phi) is 6.08. The number of carbonyl (C=O) groups excluding carboxylic acids is 2. The highest BCUT2D eigenvalue weighted by Crippen LogP contribution is 2.00. The van der Waals surface area contributed by atoms with Crippen LogP contribution in [0.4, 0.5) is 0 Å². The van der Waals surface area contributed by atoms with Crippen molar-refractivity contribution in [3.63, 3.8) is 0 Å². The average Bonchev–Trinajstić information content (AvgIpc) is 2.00. The summed E-state index contributed by atoms with van der Waals surface area (Å²) in [6.07, 6.45) is -0.419. The molecule has 0 radical (unpaired) electrons. The van der Waals surface area contributed by atoms with Crippen LogP contribution in [0.2, 0.25) is 0 Å². The van der Waals surface area contributed by atoms with Crippen LogP contribution >= 0.6 is 0 Å². The maximum atomic E-state index is 11.0. The third-order valence-electron chi connectivity index (χ3n) is 1.55. The molecule has 0 saturated heterocycles. The first kappa shape index (κ1) is 13.4. The van der Waals surface area contributed by atoms with Gasteiger partial charge in [0, 0.05) is 13.0 Å². The van der Waals surface area contributed by atoms with Crippen molar-refractivity contribution in [2.75, 3.05) is 6.61 Å². The fraction of sp³-hybridized carbons (Fsp3) is 0.667. The summed E-state index contributed by atoms with van der Waals surface area (Å²) < 4.78 is 4.65. The van der Waals surface area contributed by atoms with E-state index in [0.29, 0.717) is 0 Å². The first-order valence-electron chi connectivity index (χ1n) is 4.60. The molecule has 0 aliphatic heterocycles. The van der Waals surface area contributed by atoms with E-state index >= 15 is 0 Å². The second-order valence-corrected chi connectivity index (χ2v) is 3.00. The van der Waals surface area contributed by atoms with Gasteiger partial charge in [-0.2, -0.15) is 0 Å². The van der Waals surface area contributed by atoms with Crippen LogP contribution < -0.4 is 5.32 Å². The molecule has 0 aromatic rings. The zero-order chi connectivity index (χ0) is 11.8. The number of carboxylic acid groups (broad SMARTS) is 1. The lowest BCUT2D eigenvalue weighted by molar-refractivity contribution is -0.144. The van der Waals surface area contributed by atoms with E-state index in [-0.39, 0.29) is 25.4 Å². The highest BCUT2D eigenvalue weighted by molar-refractivity contribution is 5.77. The molecule has 0 aromatic heterocycles. The summed E-state index contributed by atoms with van der Waals surface area (Å²) in [4.78, 5) is 32.2. The largest absolute Gasteiger partial charge is 0.481 e. The van der Waals surface area contributed by atoms with Crippen molar-refractivity contribution in [1.82, 2.24) is 5.32 Å². The lowest BCUT2D eigenvalue weighted by Crippen LogP contribution is -2.37. The maximum Gasteiger partial charge on any atom is 0.307 e. The molecule has 86 valence electrons. The van der Waals surface area contributed by atoms with E-state index in [1.807, 2.05) is 0 Å². The van der Waals surface area contributed by atoms with Gasteiger partial charge in [-0.1, -0.05) is 0 Å². The smallest absolute Gasteiger partial charge is 0.307 e. The van der Waals surface area contributed by atoms with Gasteiger partial charge in [0.2, 0.25) is 5.91 Å². The molecule has 0 aliphatic carbocycles. The first-order chi connectivity index (χ1) is 6.95. The number of nitrogens with one attached hydrogen (secondary N) is 1. The molecule has 0 spiro atoms. The SMILES string of the molecule is CCOC(=O)C[C@@H](CC(=O)O)NC(C)=O. The van der Waals surface area contributed by atoms with E-state index in [0.717, 1.165) is 0 Å². The molecule has 6 nitrogen and oxygen atoms in total. The van der Waals surface area contributed by atoms with E-state index < -0.39 is 18.0 Å². The van der Waals surface area contributed by atoms with Crippen molar-refractivity contribution in [2.24, 2.45) is 0 Å². The lowest BCUT2D eigenvalue weighted by Gasteiger charge is -2.14. The zero-order valence-electron chi connectivity index (χ0n) is 8.78. The highest BCUT2D eigenvalue weighted by Gasteiger charge is 2.18. The number of esters is 1. The van der Waals surface area contributed by atoms with E-state index in [4.69, 9.17) is 5.11 Å². The third kappa shape index (κ3) is 7.48. The normalized spacial score (nSPS) is 11.6. The van der Waals surface area contributed by atoms with Gasteiger partial charge in [0.25, 0.3) is 0 Å². The molecule has 0 heterocycles. The van der Waals surface area contributed by atoms with Crippen LogP contribution in [0.15, 0.2) is 0 Å². The molecular formula is C9H15NO5. The van der Waals surface area contributed by atoms with Crippen molar-refractivity contribution in [1.29, 1.82) is 0 Å². The molecule has 1 amide bonds. The molecule has 0 fully saturated rings. The van der Waals surface area contributed by atoms with Crippen LogP contribution in [0.1, 0.15) is 26.7 Å². The number of ether oxygens (including phenoxy) is 1. The first-order valence-corrected chi connectivity index (χ1v) is 4.60. The Hall–Kier alpha value is -1.59. The van der Waals surface area contributed by atoms with Crippen LogP contribution in [-0.2, 0) is 19.1 Å². The Labute approximate surface area is 87.6 Å². The number of hydrogen-bond acceptors (Lipinski definition) is 4. The quantitative estimate of drug-likeness (QED) is 0.607. The Balaban J connectivity index is 4.16. The Morgan fingerprint density at radius 2 is 1.93 bits per heavy atom. The lowest BCUT2D eigenvalue weighted by atomic mass is 10.1. The molecule has 0 aromatic carbocycles. The van der Waals surface area contributed by atoms with Crippen molar-refractivity contribution in [3.8, 4) is 0 Å². The van der Waals surface area contributed by atoms with Gasteiger partial charge in [0.1, 0.15) is 0 Å². The molecule has 0 bridgehead atoms. The van der Waals surface area contributed by atoms with Gasteiger partial charge >= 0.3 is 11.9 Å². The molecule has 1 atom stereocenters. The number of rotatable bonds is 6. The Bertz CT molecular complexity index is 235. The van der Waals surface area contributed by atoms with Crippen molar-refractivity contribution in [3.05, 3.63) is 0 Å². The van der Waals surface area contributed by atoms with E-state index in [1.165, 1.54) is 6.92 Å². The standard InChI is InChI=1S/C9H15NO5/c1-3-15-9(14)5-7(4-8(12)13)10-6(2)11/h7H,3-5H2,1-2H3,(H,10,11)(H,12,13)/t7-/m1/s1. The van der Waals surface area contributed by atoms with Gasteiger partial charge < -0.3 is 15.2 Å². The van der Waals surface area contributed by atoms with E-state index in [2.05, 4.69) is 10.1 Å². The van der Waals surface area contributed by atoms with E-state index in [9.17, 15) is 14.4 Å². The molecule has 15 heavy (non-hydrogen) atoms. The van der Waals surface area contributed by atoms with Crippen LogP contribution in [0.25, 0.3) is 0 Å². The molecule has 0 aliphatic rings. The van der Waals surface area contributed by atoms with Crippen LogP contribution in [0.5, 0.6) is 0 Å². The molecule has 0 saturated carbocycles. The number of carbonyl (C=O) groups is 3. The third-order valence-corrected chi connectivity index (χ3v) is 1.55. The van der Waals surface area contributed by atoms with E-state index in [1.54, 1.807) is 6.92 Å². The van der Waals surface area contributed by atoms with Crippen LogP contribution in [0.3, 0.4) is 0 Å². The minimum atomic E-state index is -1.07. The summed E-state index contributed by atoms with van der Waals surface area (Å²) >= 11 is 0. The topological polar surface area (TPSA) is 92.7 Å². The maximum absolute atomic E-state index is 11.0. The highest BCUT2D eigenvalue weighted by atomic mass is 16.5. The van der Waals surface area contributed by atoms with Gasteiger partial charge in [0.15, 0.2) is 0 Å². The Morgan fingerprint density at radius 3 is 2.33 bits per heavy atom.